The van der Waals surface area contributed by atoms with Gasteiger partial charge in [0.1, 0.15) is 5.75 Å². The lowest BCUT2D eigenvalue weighted by molar-refractivity contribution is 0.410. The van der Waals surface area contributed by atoms with Gasteiger partial charge < -0.3 is 9.64 Å². The van der Waals surface area contributed by atoms with Crippen LogP contribution in [0.25, 0.3) is 0 Å². The van der Waals surface area contributed by atoms with E-state index in [9.17, 15) is 8.42 Å². The molecule has 0 aliphatic carbocycles. The predicted molar refractivity (Wildman–Crippen MR) is 140 cm³/mol. The SMILES string of the molecule is CCN(CC)C1=NS(=O)(=O)[C@@H]2C(c3ccccc3)=NN(c3ccccc3)[C@]12c1ccc(OC)cc1. The summed E-state index contributed by atoms with van der Waals surface area (Å²) in [6.45, 7) is 5.24. The summed E-state index contributed by atoms with van der Waals surface area (Å²) in [5.41, 5.74) is 1.64. The van der Waals surface area contributed by atoms with Gasteiger partial charge in [-0.25, -0.2) is 13.4 Å². The lowest BCUT2D eigenvalue weighted by Crippen LogP contribution is -2.58. The topological polar surface area (TPSA) is 74.6 Å². The number of anilines is 1. The zero-order valence-corrected chi connectivity index (χ0v) is 20.8. The Balaban J connectivity index is 1.86. The van der Waals surface area contributed by atoms with Gasteiger partial charge in [0, 0.05) is 13.1 Å². The van der Waals surface area contributed by atoms with Gasteiger partial charge >= 0.3 is 0 Å². The highest BCUT2D eigenvalue weighted by Gasteiger charge is 2.67. The molecule has 0 radical (unpaired) electrons. The first kappa shape index (κ1) is 23.1. The Bertz CT molecular complexity index is 1370. The van der Waals surface area contributed by atoms with Crippen LogP contribution in [0.15, 0.2) is 94.4 Å². The molecule has 0 fully saturated rings. The third kappa shape index (κ3) is 3.51. The lowest BCUT2D eigenvalue weighted by atomic mass is 9.81. The Labute approximate surface area is 206 Å². The monoisotopic (exact) mass is 488 g/mol. The van der Waals surface area contributed by atoms with Gasteiger partial charge in [-0.05, 0) is 49.2 Å². The third-order valence-corrected chi connectivity index (χ3v) is 8.27. The van der Waals surface area contributed by atoms with E-state index in [1.165, 1.54) is 0 Å². The highest BCUT2D eigenvalue weighted by molar-refractivity contribution is 7.92. The van der Waals surface area contributed by atoms with Crippen LogP contribution >= 0.6 is 0 Å². The number of fused-ring (bicyclic) bond motifs is 1. The minimum Gasteiger partial charge on any atom is -0.497 e. The van der Waals surface area contributed by atoms with Crippen molar-refractivity contribution in [2.24, 2.45) is 9.50 Å². The van der Waals surface area contributed by atoms with E-state index in [-0.39, 0.29) is 0 Å². The van der Waals surface area contributed by atoms with Crippen LogP contribution in [0.2, 0.25) is 0 Å². The van der Waals surface area contributed by atoms with E-state index < -0.39 is 20.8 Å². The van der Waals surface area contributed by atoms with Crippen molar-refractivity contribution in [3.8, 4) is 5.75 Å². The fourth-order valence-corrected chi connectivity index (χ4v) is 6.92. The first-order valence-electron chi connectivity index (χ1n) is 11.7. The molecule has 0 unspecified atom stereocenters. The molecule has 0 aromatic heterocycles. The number of ether oxygens (including phenoxy) is 1. The summed E-state index contributed by atoms with van der Waals surface area (Å²) in [5, 5.41) is 5.87. The Morgan fingerprint density at radius 1 is 0.914 bits per heavy atom. The van der Waals surface area contributed by atoms with E-state index in [0.29, 0.717) is 30.4 Å². The number of nitrogens with zero attached hydrogens (tertiary/aromatic N) is 4. The largest absolute Gasteiger partial charge is 0.497 e. The molecule has 0 amide bonds. The number of amidine groups is 1. The van der Waals surface area contributed by atoms with Gasteiger partial charge in [0.2, 0.25) is 0 Å². The van der Waals surface area contributed by atoms with Gasteiger partial charge in [-0.3, -0.25) is 0 Å². The van der Waals surface area contributed by atoms with Crippen LogP contribution in [0, 0.1) is 0 Å². The Hall–Kier alpha value is -3.65. The Morgan fingerprint density at radius 2 is 1.51 bits per heavy atom. The number of hydrazone groups is 1. The molecule has 2 heterocycles. The molecular weight excluding hydrogens is 460 g/mol. The average Bonchev–Trinajstić information content (AvgIpc) is 3.39. The summed E-state index contributed by atoms with van der Waals surface area (Å²) in [6, 6.07) is 26.7. The highest BCUT2D eigenvalue weighted by atomic mass is 32.2. The third-order valence-electron chi connectivity index (χ3n) is 6.69. The van der Waals surface area contributed by atoms with Crippen LogP contribution in [-0.4, -0.2) is 50.3 Å². The summed E-state index contributed by atoms with van der Waals surface area (Å²) in [6.07, 6.45) is 0. The molecule has 2 atom stereocenters. The van der Waals surface area contributed by atoms with Gasteiger partial charge in [0.05, 0.1) is 18.5 Å². The van der Waals surface area contributed by atoms with Crippen molar-refractivity contribution in [1.29, 1.82) is 0 Å². The van der Waals surface area contributed by atoms with E-state index in [0.717, 1.165) is 16.8 Å². The first-order valence-corrected chi connectivity index (χ1v) is 13.2. The van der Waals surface area contributed by atoms with Gasteiger partial charge in [0.15, 0.2) is 16.6 Å². The second kappa shape index (κ2) is 8.85. The van der Waals surface area contributed by atoms with Gasteiger partial charge in [0.25, 0.3) is 10.0 Å². The van der Waals surface area contributed by atoms with Crippen molar-refractivity contribution in [2.75, 3.05) is 25.2 Å². The fourth-order valence-electron chi connectivity index (χ4n) is 5.08. The first-order chi connectivity index (χ1) is 17.0. The standard InChI is InChI=1S/C27H28N4O3S/c1-4-30(5-2)26-27(21-16-18-23(34-3)19-17-21)25(35(32,33)29-26)24(20-12-8-6-9-13-20)28-31(27)22-14-10-7-11-15-22/h6-19,25H,4-5H2,1-3H3/t25-,27+/m1/s1. The second-order valence-electron chi connectivity index (χ2n) is 8.48. The number of likely N-dealkylation sites (N-methyl/N-ethyl adjacent to an activating group) is 1. The zero-order valence-electron chi connectivity index (χ0n) is 20.0. The van der Waals surface area contributed by atoms with Crippen molar-refractivity contribution >= 4 is 27.3 Å². The zero-order chi connectivity index (χ0) is 24.6. The molecule has 8 heteroatoms. The van der Waals surface area contributed by atoms with Crippen LogP contribution in [0.5, 0.6) is 5.75 Å². The molecule has 3 aromatic rings. The minimum absolute atomic E-state index is 0.483. The predicted octanol–water partition coefficient (Wildman–Crippen LogP) is 4.27. The maximum absolute atomic E-state index is 13.9. The van der Waals surface area contributed by atoms with Gasteiger partial charge in [-0.15, -0.1) is 4.40 Å². The van der Waals surface area contributed by atoms with Crippen molar-refractivity contribution < 1.29 is 13.2 Å². The van der Waals surface area contributed by atoms with E-state index in [1.807, 2.05) is 109 Å². The fraction of sp³-hybridized carbons (Fsp3) is 0.259. The summed E-state index contributed by atoms with van der Waals surface area (Å²) >= 11 is 0. The van der Waals surface area contributed by atoms with Crippen LogP contribution in [-0.2, 0) is 15.6 Å². The number of sulfonamides is 1. The second-order valence-corrected chi connectivity index (χ2v) is 10.2. The Morgan fingerprint density at radius 3 is 2.09 bits per heavy atom. The van der Waals surface area contributed by atoms with Crippen molar-refractivity contribution in [3.63, 3.8) is 0 Å². The molecule has 0 saturated carbocycles. The van der Waals surface area contributed by atoms with E-state index in [1.54, 1.807) is 7.11 Å². The molecule has 0 spiro atoms. The van der Waals surface area contributed by atoms with E-state index >= 15 is 0 Å². The quantitative estimate of drug-likeness (QED) is 0.518. The molecule has 3 aromatic carbocycles. The summed E-state index contributed by atoms with van der Waals surface area (Å²) in [4.78, 5) is 2.02. The molecule has 35 heavy (non-hydrogen) atoms. The van der Waals surface area contributed by atoms with Crippen molar-refractivity contribution in [3.05, 3.63) is 96.1 Å². The number of methoxy groups -OCH3 is 1. The van der Waals surface area contributed by atoms with Gasteiger partial charge in [-0.2, -0.15) is 5.10 Å². The maximum atomic E-state index is 13.9. The van der Waals surface area contributed by atoms with Crippen LogP contribution in [0.3, 0.4) is 0 Å². The average molecular weight is 489 g/mol. The molecule has 0 bridgehead atoms. The molecule has 2 aliphatic rings. The maximum Gasteiger partial charge on any atom is 0.266 e. The molecule has 180 valence electrons. The van der Waals surface area contributed by atoms with E-state index in [2.05, 4.69) is 4.40 Å². The number of para-hydroxylation sites is 1. The number of benzene rings is 3. The lowest BCUT2D eigenvalue weighted by Gasteiger charge is -2.41. The van der Waals surface area contributed by atoms with Gasteiger partial charge in [-0.1, -0.05) is 60.7 Å². The van der Waals surface area contributed by atoms with E-state index in [4.69, 9.17) is 9.84 Å². The van der Waals surface area contributed by atoms with Crippen molar-refractivity contribution in [1.82, 2.24) is 4.90 Å². The molecule has 0 N–H and O–H groups in total. The van der Waals surface area contributed by atoms with Crippen LogP contribution in [0.4, 0.5) is 5.69 Å². The Kier molecular flexibility index (Phi) is 5.84. The number of rotatable bonds is 6. The molecule has 7 nitrogen and oxygen atoms in total. The summed E-state index contributed by atoms with van der Waals surface area (Å²) in [5.74, 6) is 1.17. The normalized spacial score (nSPS) is 22.4. The summed E-state index contributed by atoms with van der Waals surface area (Å²) < 4.78 is 37.7. The number of hydrogen-bond donors (Lipinski definition) is 0. The van der Waals surface area contributed by atoms with Crippen LogP contribution < -0.4 is 9.75 Å². The molecular formula is C27H28N4O3S. The summed E-state index contributed by atoms with van der Waals surface area (Å²) in [7, 11) is -2.34. The van der Waals surface area contributed by atoms with Crippen molar-refractivity contribution in [2.45, 2.75) is 24.6 Å². The van der Waals surface area contributed by atoms with Crippen LogP contribution in [0.1, 0.15) is 25.0 Å². The number of hydrogen-bond acceptors (Lipinski definition) is 6. The molecule has 2 aliphatic heterocycles. The smallest absolute Gasteiger partial charge is 0.266 e. The highest BCUT2D eigenvalue weighted by Crippen LogP contribution is 2.51. The molecule has 0 saturated heterocycles. The molecule has 5 rings (SSSR count). The minimum atomic E-state index is -3.96.